The lowest BCUT2D eigenvalue weighted by molar-refractivity contribution is 0.0226. The topological polar surface area (TPSA) is 12.0 Å². The number of benzene rings is 1. The molecule has 3 heteroatoms. The summed E-state index contributed by atoms with van der Waals surface area (Å²) in [6.07, 6.45) is 2.10. The first-order valence-corrected chi connectivity index (χ1v) is 5.75. The molecule has 1 fully saturated rings. The van der Waals surface area contributed by atoms with Crippen molar-refractivity contribution in [1.82, 2.24) is 5.32 Å². The molecule has 1 atom stereocenters. The Balaban J connectivity index is 2.12. The molecule has 0 radical (unpaired) electrons. The molecule has 0 spiro atoms. The van der Waals surface area contributed by atoms with Crippen LogP contribution in [0.1, 0.15) is 36.9 Å². The molecule has 1 aliphatic heterocycles. The van der Waals surface area contributed by atoms with Crippen molar-refractivity contribution in [3.8, 4) is 0 Å². The normalized spacial score (nSPS) is 21.3. The molecular formula is C13H17F2N. The molecule has 0 aromatic heterocycles. The third kappa shape index (κ3) is 3.01. The van der Waals surface area contributed by atoms with Crippen LogP contribution in [0.3, 0.4) is 0 Å². The van der Waals surface area contributed by atoms with E-state index in [1.165, 1.54) is 6.42 Å². The Kier molecular flexibility index (Phi) is 3.24. The largest absolute Gasteiger partial charge is 0.310 e. The van der Waals surface area contributed by atoms with Gasteiger partial charge in [0, 0.05) is 12.5 Å². The molecule has 1 nitrogen and oxygen atoms in total. The van der Waals surface area contributed by atoms with Crippen molar-refractivity contribution >= 4 is 0 Å². The minimum absolute atomic E-state index is 0.173. The molecule has 0 saturated carbocycles. The summed E-state index contributed by atoms with van der Waals surface area (Å²) in [6, 6.07) is 7.91. The summed E-state index contributed by atoms with van der Waals surface area (Å²) in [5, 5.41) is 3.38. The maximum atomic E-state index is 12.9. The van der Waals surface area contributed by atoms with Gasteiger partial charge < -0.3 is 5.32 Å². The highest BCUT2D eigenvalue weighted by atomic mass is 19.3. The number of alkyl halides is 2. The van der Waals surface area contributed by atoms with Gasteiger partial charge in [0.15, 0.2) is 0 Å². The van der Waals surface area contributed by atoms with Crippen molar-refractivity contribution in [1.29, 1.82) is 0 Å². The first-order valence-electron chi connectivity index (χ1n) is 5.75. The van der Waals surface area contributed by atoms with Crippen LogP contribution in [-0.2, 0) is 6.42 Å². The molecule has 1 aliphatic rings. The van der Waals surface area contributed by atoms with Gasteiger partial charge in [-0.25, -0.2) is 8.78 Å². The van der Waals surface area contributed by atoms with Gasteiger partial charge in [0.05, 0.1) is 0 Å². The van der Waals surface area contributed by atoms with E-state index in [1.807, 2.05) is 18.2 Å². The van der Waals surface area contributed by atoms with Gasteiger partial charge in [-0.2, -0.15) is 0 Å². The van der Waals surface area contributed by atoms with E-state index >= 15 is 0 Å². The van der Waals surface area contributed by atoms with Crippen LogP contribution >= 0.6 is 0 Å². The Labute approximate surface area is 94.9 Å². The van der Waals surface area contributed by atoms with Crippen molar-refractivity contribution in [3.63, 3.8) is 0 Å². The number of hydrogen-bond donors (Lipinski definition) is 1. The molecule has 1 heterocycles. The summed E-state index contributed by atoms with van der Waals surface area (Å²) in [7, 11) is 0. The Bertz CT molecular complexity index is 351. The van der Waals surface area contributed by atoms with Crippen molar-refractivity contribution in [2.75, 3.05) is 6.54 Å². The van der Waals surface area contributed by atoms with Crippen molar-refractivity contribution in [2.45, 2.75) is 38.2 Å². The average molecular weight is 225 g/mol. The SMILES string of the molecule is CC(F)(F)Cc1cccc(C2CCCN2)c1. The maximum absolute atomic E-state index is 12.9. The van der Waals surface area contributed by atoms with E-state index in [9.17, 15) is 8.78 Å². The molecule has 1 saturated heterocycles. The summed E-state index contributed by atoms with van der Waals surface area (Å²) in [5.74, 6) is -2.62. The molecule has 0 amide bonds. The van der Waals surface area contributed by atoms with Gasteiger partial charge in [0.25, 0.3) is 0 Å². The van der Waals surface area contributed by atoms with E-state index in [2.05, 4.69) is 5.32 Å². The number of nitrogens with one attached hydrogen (secondary N) is 1. The van der Waals surface area contributed by atoms with E-state index in [1.54, 1.807) is 6.07 Å². The lowest BCUT2D eigenvalue weighted by Crippen LogP contribution is -2.15. The fraction of sp³-hybridized carbons (Fsp3) is 0.538. The highest BCUT2D eigenvalue weighted by molar-refractivity contribution is 5.27. The van der Waals surface area contributed by atoms with E-state index in [4.69, 9.17) is 0 Å². The van der Waals surface area contributed by atoms with E-state index in [-0.39, 0.29) is 6.42 Å². The van der Waals surface area contributed by atoms with Gasteiger partial charge >= 0.3 is 0 Å². The fourth-order valence-corrected chi connectivity index (χ4v) is 2.25. The summed E-state index contributed by atoms with van der Waals surface area (Å²) in [4.78, 5) is 0. The second-order valence-corrected chi connectivity index (χ2v) is 4.64. The molecule has 1 aromatic rings. The van der Waals surface area contributed by atoms with Crippen molar-refractivity contribution in [3.05, 3.63) is 35.4 Å². The number of hydrogen-bond acceptors (Lipinski definition) is 1. The lowest BCUT2D eigenvalue weighted by Gasteiger charge is -2.14. The standard InChI is InChI=1S/C13H17F2N/c1-13(14,15)9-10-4-2-5-11(8-10)12-6-3-7-16-12/h2,4-5,8,12,16H,3,6-7,9H2,1H3. The third-order valence-corrected chi connectivity index (χ3v) is 2.93. The molecule has 88 valence electrons. The van der Waals surface area contributed by atoms with Crippen LogP contribution in [0.25, 0.3) is 0 Å². The van der Waals surface area contributed by atoms with Crippen LogP contribution < -0.4 is 5.32 Å². The zero-order valence-electron chi connectivity index (χ0n) is 9.47. The quantitative estimate of drug-likeness (QED) is 0.832. The van der Waals surface area contributed by atoms with Crippen LogP contribution in [0.2, 0.25) is 0 Å². The van der Waals surface area contributed by atoms with Crippen LogP contribution in [0, 0.1) is 0 Å². The first-order chi connectivity index (χ1) is 7.54. The van der Waals surface area contributed by atoms with E-state index in [0.29, 0.717) is 6.04 Å². The molecular weight excluding hydrogens is 208 g/mol. The Hall–Kier alpha value is -0.960. The van der Waals surface area contributed by atoms with Crippen LogP contribution in [0.15, 0.2) is 24.3 Å². The Morgan fingerprint density at radius 3 is 2.88 bits per heavy atom. The fourth-order valence-electron chi connectivity index (χ4n) is 2.25. The maximum Gasteiger partial charge on any atom is 0.249 e. The molecule has 0 aliphatic carbocycles. The summed E-state index contributed by atoms with van der Waals surface area (Å²) >= 11 is 0. The first kappa shape index (κ1) is 11.5. The zero-order chi connectivity index (χ0) is 11.6. The van der Waals surface area contributed by atoms with Crippen LogP contribution in [0.4, 0.5) is 8.78 Å². The number of rotatable bonds is 3. The predicted octanol–water partition coefficient (Wildman–Crippen LogP) is 3.31. The third-order valence-electron chi connectivity index (χ3n) is 2.93. The Morgan fingerprint density at radius 1 is 1.44 bits per heavy atom. The average Bonchev–Trinajstić information content (AvgIpc) is 2.68. The van der Waals surface area contributed by atoms with Crippen molar-refractivity contribution in [2.24, 2.45) is 0 Å². The minimum atomic E-state index is -2.62. The molecule has 1 unspecified atom stereocenters. The molecule has 1 N–H and O–H groups in total. The number of halogens is 2. The Morgan fingerprint density at radius 2 is 2.25 bits per heavy atom. The predicted molar refractivity (Wildman–Crippen MR) is 60.7 cm³/mol. The van der Waals surface area contributed by atoms with Crippen LogP contribution in [0.5, 0.6) is 0 Å². The molecule has 16 heavy (non-hydrogen) atoms. The molecule has 2 rings (SSSR count). The van der Waals surface area contributed by atoms with Crippen LogP contribution in [-0.4, -0.2) is 12.5 Å². The zero-order valence-corrected chi connectivity index (χ0v) is 9.47. The molecule has 0 bridgehead atoms. The summed E-state index contributed by atoms with van der Waals surface area (Å²) < 4.78 is 25.8. The van der Waals surface area contributed by atoms with E-state index < -0.39 is 5.92 Å². The summed E-state index contributed by atoms with van der Waals surface area (Å²) in [5.41, 5.74) is 1.86. The van der Waals surface area contributed by atoms with Gasteiger partial charge in [-0.3, -0.25) is 0 Å². The van der Waals surface area contributed by atoms with Gasteiger partial charge in [-0.15, -0.1) is 0 Å². The second kappa shape index (κ2) is 4.50. The van der Waals surface area contributed by atoms with Gasteiger partial charge in [-0.05, 0) is 37.4 Å². The second-order valence-electron chi connectivity index (χ2n) is 4.64. The lowest BCUT2D eigenvalue weighted by atomic mass is 10.00. The highest BCUT2D eigenvalue weighted by Crippen LogP contribution is 2.25. The van der Waals surface area contributed by atoms with Gasteiger partial charge in [0.2, 0.25) is 5.92 Å². The van der Waals surface area contributed by atoms with E-state index in [0.717, 1.165) is 31.0 Å². The minimum Gasteiger partial charge on any atom is -0.310 e. The monoisotopic (exact) mass is 225 g/mol. The van der Waals surface area contributed by atoms with Gasteiger partial charge in [-0.1, -0.05) is 24.3 Å². The highest BCUT2D eigenvalue weighted by Gasteiger charge is 2.22. The van der Waals surface area contributed by atoms with Crippen molar-refractivity contribution < 1.29 is 8.78 Å². The van der Waals surface area contributed by atoms with Gasteiger partial charge in [0.1, 0.15) is 0 Å². The molecule has 1 aromatic carbocycles. The summed E-state index contributed by atoms with van der Waals surface area (Å²) in [6.45, 7) is 1.99. The smallest absolute Gasteiger partial charge is 0.249 e.